The van der Waals surface area contributed by atoms with Crippen LogP contribution in [0.2, 0.25) is 0 Å². The van der Waals surface area contributed by atoms with Gasteiger partial charge in [-0.2, -0.15) is 0 Å². The summed E-state index contributed by atoms with van der Waals surface area (Å²) in [6, 6.07) is 5.17. The second kappa shape index (κ2) is 11.0. The first kappa shape index (κ1) is 27.5. The Balaban J connectivity index is 1.79. The van der Waals surface area contributed by atoms with Crippen molar-refractivity contribution in [3.05, 3.63) is 54.6 Å². The number of fused-ring (bicyclic) bond motifs is 1. The maximum Gasteiger partial charge on any atom is 0.310 e. The number of rotatable bonds is 11. The van der Waals surface area contributed by atoms with Gasteiger partial charge < -0.3 is 19.6 Å². The van der Waals surface area contributed by atoms with E-state index in [1.807, 2.05) is 32.0 Å². The lowest BCUT2D eigenvalue weighted by Crippen LogP contribution is -2.57. The maximum absolute atomic E-state index is 14.6. The molecule has 3 heterocycles. The van der Waals surface area contributed by atoms with E-state index in [0.717, 1.165) is 23.2 Å². The minimum Gasteiger partial charge on any atom is -0.465 e. The molecule has 200 valence electrons. The van der Waals surface area contributed by atoms with Gasteiger partial charge in [-0.3, -0.25) is 14.4 Å². The van der Waals surface area contributed by atoms with E-state index < -0.39 is 22.6 Å². The van der Waals surface area contributed by atoms with Crippen LogP contribution in [0.1, 0.15) is 37.3 Å². The number of benzene rings is 1. The number of carbonyl (C=O) groups excluding carboxylic acids is 3. The molecule has 0 aliphatic carbocycles. The standard InChI is InChI=1S/C29H38N2O5S/c1-6-8-16-36-28(35)22-21-17-20(5)29(37-21)23(22)26(33)31(14-10-15-32)25(29)27(34)30(13-7-2)24-18(3)11-9-12-19(24)4/h6-7,9,11-12,20-23,25,32H,1-2,8,10,13-17H2,3-5H3/t20?,21-,22+,23+,25?,29?/m1/s1. The van der Waals surface area contributed by atoms with E-state index in [-0.39, 0.29) is 48.7 Å². The van der Waals surface area contributed by atoms with Crippen molar-refractivity contribution in [1.29, 1.82) is 0 Å². The third-order valence-electron chi connectivity index (χ3n) is 8.16. The summed E-state index contributed by atoms with van der Waals surface area (Å²) in [7, 11) is 0. The molecule has 3 aliphatic rings. The average molecular weight is 527 g/mol. The molecule has 8 heteroatoms. The molecule has 2 bridgehead atoms. The first-order valence-corrected chi connectivity index (χ1v) is 14.0. The fourth-order valence-electron chi connectivity index (χ4n) is 6.69. The van der Waals surface area contributed by atoms with Crippen molar-refractivity contribution >= 4 is 35.2 Å². The van der Waals surface area contributed by atoms with Crippen LogP contribution in [0.25, 0.3) is 0 Å². The number of carbonyl (C=O) groups is 3. The smallest absolute Gasteiger partial charge is 0.310 e. The van der Waals surface area contributed by atoms with Gasteiger partial charge in [0.25, 0.3) is 5.91 Å². The second-order valence-electron chi connectivity index (χ2n) is 10.4. The molecule has 6 atom stereocenters. The van der Waals surface area contributed by atoms with E-state index in [2.05, 4.69) is 20.1 Å². The molecule has 3 saturated heterocycles. The Kier molecular flexibility index (Phi) is 8.19. The summed E-state index contributed by atoms with van der Waals surface area (Å²) in [4.78, 5) is 45.3. The van der Waals surface area contributed by atoms with Crippen LogP contribution in [0, 0.1) is 31.6 Å². The Bertz CT molecular complexity index is 1070. The zero-order valence-electron chi connectivity index (χ0n) is 22.0. The van der Waals surface area contributed by atoms with Gasteiger partial charge in [0.1, 0.15) is 6.04 Å². The van der Waals surface area contributed by atoms with Crippen molar-refractivity contribution in [2.24, 2.45) is 17.8 Å². The predicted molar refractivity (Wildman–Crippen MR) is 146 cm³/mol. The maximum atomic E-state index is 14.6. The lowest BCUT2D eigenvalue weighted by Gasteiger charge is -2.41. The highest BCUT2D eigenvalue weighted by atomic mass is 32.2. The summed E-state index contributed by atoms with van der Waals surface area (Å²) in [5.41, 5.74) is 2.76. The molecule has 1 aromatic rings. The number of esters is 1. The van der Waals surface area contributed by atoms with Crippen molar-refractivity contribution in [2.45, 2.75) is 56.1 Å². The van der Waals surface area contributed by atoms with E-state index in [0.29, 0.717) is 19.4 Å². The molecular formula is C29H38N2O5S. The number of amides is 2. The number of hydrogen-bond donors (Lipinski definition) is 1. The van der Waals surface area contributed by atoms with Crippen LogP contribution >= 0.6 is 11.8 Å². The minimum atomic E-state index is -0.744. The summed E-state index contributed by atoms with van der Waals surface area (Å²) in [5, 5.41) is 9.53. The molecule has 2 amide bonds. The molecule has 4 rings (SSSR count). The van der Waals surface area contributed by atoms with Gasteiger partial charge in [-0.15, -0.1) is 24.9 Å². The van der Waals surface area contributed by atoms with Gasteiger partial charge >= 0.3 is 5.97 Å². The Labute approximate surface area is 223 Å². The van der Waals surface area contributed by atoms with Gasteiger partial charge in [0.15, 0.2) is 0 Å². The summed E-state index contributed by atoms with van der Waals surface area (Å²) < 4.78 is 4.83. The molecule has 37 heavy (non-hydrogen) atoms. The van der Waals surface area contributed by atoms with Crippen LogP contribution in [0.5, 0.6) is 0 Å². The van der Waals surface area contributed by atoms with Crippen molar-refractivity contribution in [1.82, 2.24) is 4.90 Å². The van der Waals surface area contributed by atoms with Crippen molar-refractivity contribution in [3.63, 3.8) is 0 Å². The number of aliphatic hydroxyl groups is 1. The number of aliphatic hydroxyl groups excluding tert-OH is 1. The quantitative estimate of drug-likeness (QED) is 0.269. The van der Waals surface area contributed by atoms with Gasteiger partial charge in [-0.05, 0) is 50.2 Å². The average Bonchev–Trinajstić information content (AvgIpc) is 3.45. The molecule has 0 saturated carbocycles. The highest BCUT2D eigenvalue weighted by Crippen LogP contribution is 2.68. The predicted octanol–water partition coefficient (Wildman–Crippen LogP) is 3.66. The lowest BCUT2D eigenvalue weighted by atomic mass is 9.66. The first-order chi connectivity index (χ1) is 17.7. The minimum absolute atomic E-state index is 0.0605. The van der Waals surface area contributed by atoms with Gasteiger partial charge in [-0.25, -0.2) is 0 Å². The van der Waals surface area contributed by atoms with Crippen LogP contribution in [0.4, 0.5) is 5.69 Å². The van der Waals surface area contributed by atoms with Crippen LogP contribution in [-0.4, -0.2) is 70.1 Å². The van der Waals surface area contributed by atoms with Crippen LogP contribution < -0.4 is 4.90 Å². The number of likely N-dealkylation sites (tertiary alicyclic amines) is 1. The number of para-hydroxylation sites is 1. The summed E-state index contributed by atoms with van der Waals surface area (Å²) >= 11 is 1.63. The summed E-state index contributed by atoms with van der Waals surface area (Å²) in [6.07, 6.45) is 5.06. The van der Waals surface area contributed by atoms with Crippen molar-refractivity contribution < 1.29 is 24.2 Å². The van der Waals surface area contributed by atoms with E-state index in [1.165, 1.54) is 0 Å². The summed E-state index contributed by atoms with van der Waals surface area (Å²) in [6.45, 7) is 14.3. The number of aryl methyl sites for hydroxylation is 2. The van der Waals surface area contributed by atoms with Gasteiger partial charge in [0, 0.05) is 30.6 Å². The Morgan fingerprint density at radius 1 is 1.27 bits per heavy atom. The SMILES string of the molecule is C=CCCOC(=O)[C@@H]1[C@H]2C(=O)N(CCCO)C(C(=O)N(CC=C)c3c(C)cccc3C)C23S[C@@H]1CC3C. The van der Waals surface area contributed by atoms with E-state index in [1.54, 1.807) is 33.7 Å². The zero-order chi connectivity index (χ0) is 26.9. The molecule has 1 spiro atoms. The normalized spacial score (nSPS) is 29.8. The largest absolute Gasteiger partial charge is 0.465 e. The number of anilines is 1. The van der Waals surface area contributed by atoms with E-state index in [4.69, 9.17) is 4.74 Å². The van der Waals surface area contributed by atoms with E-state index >= 15 is 0 Å². The Morgan fingerprint density at radius 3 is 2.59 bits per heavy atom. The van der Waals surface area contributed by atoms with Gasteiger partial charge in [0.05, 0.1) is 23.2 Å². The molecule has 0 radical (unpaired) electrons. The summed E-state index contributed by atoms with van der Waals surface area (Å²) in [5.74, 6) is -1.85. The van der Waals surface area contributed by atoms with Crippen LogP contribution in [-0.2, 0) is 19.1 Å². The van der Waals surface area contributed by atoms with Crippen molar-refractivity contribution in [3.8, 4) is 0 Å². The van der Waals surface area contributed by atoms with Gasteiger partial charge in [-0.1, -0.05) is 37.3 Å². The molecule has 3 aliphatic heterocycles. The lowest BCUT2D eigenvalue weighted by molar-refractivity contribution is -0.154. The highest BCUT2D eigenvalue weighted by molar-refractivity contribution is 8.02. The monoisotopic (exact) mass is 526 g/mol. The molecule has 1 N–H and O–H groups in total. The molecule has 3 unspecified atom stereocenters. The third kappa shape index (κ3) is 4.42. The number of nitrogens with zero attached hydrogens (tertiary/aromatic N) is 2. The fraction of sp³-hybridized carbons (Fsp3) is 0.552. The van der Waals surface area contributed by atoms with Gasteiger partial charge in [0.2, 0.25) is 5.91 Å². The highest BCUT2D eigenvalue weighted by Gasteiger charge is 2.76. The molecule has 7 nitrogen and oxygen atoms in total. The molecular weight excluding hydrogens is 488 g/mol. The zero-order valence-corrected chi connectivity index (χ0v) is 22.8. The number of thioether (sulfide) groups is 1. The van der Waals surface area contributed by atoms with Crippen molar-refractivity contribution in [2.75, 3.05) is 31.2 Å². The second-order valence-corrected chi connectivity index (χ2v) is 11.9. The molecule has 0 aromatic heterocycles. The molecule has 1 aromatic carbocycles. The number of ether oxygens (including phenoxy) is 1. The third-order valence-corrected chi connectivity index (χ3v) is 10.2. The fourth-order valence-corrected chi connectivity index (χ4v) is 9.09. The van der Waals surface area contributed by atoms with Crippen LogP contribution in [0.15, 0.2) is 43.5 Å². The van der Waals surface area contributed by atoms with Crippen LogP contribution in [0.3, 0.4) is 0 Å². The number of hydrogen-bond acceptors (Lipinski definition) is 6. The Hall–Kier alpha value is -2.58. The topological polar surface area (TPSA) is 87.1 Å². The van der Waals surface area contributed by atoms with E-state index in [9.17, 15) is 19.5 Å². The Morgan fingerprint density at radius 2 is 1.97 bits per heavy atom. The molecule has 3 fully saturated rings. The first-order valence-electron chi connectivity index (χ1n) is 13.1.